The summed E-state index contributed by atoms with van der Waals surface area (Å²) in [5, 5.41) is 15.5. The summed E-state index contributed by atoms with van der Waals surface area (Å²) in [5.74, 6) is -0.226. The quantitative estimate of drug-likeness (QED) is 0.535. The van der Waals surface area contributed by atoms with Gasteiger partial charge in [0, 0.05) is 6.54 Å². The maximum Gasteiger partial charge on any atom is 0.408 e. The molecule has 0 aliphatic carbocycles. The molecule has 0 aromatic carbocycles. The predicted molar refractivity (Wildman–Crippen MR) is 132 cm³/mol. The van der Waals surface area contributed by atoms with E-state index in [1.165, 1.54) is 0 Å². The molecule has 0 aromatic heterocycles. The number of carbonyl (C=O) groups is 3. The predicted octanol–water partition coefficient (Wildman–Crippen LogP) is 3.67. The molecule has 0 radical (unpaired) electrons. The van der Waals surface area contributed by atoms with Crippen LogP contribution in [-0.2, 0) is 14.3 Å². The van der Waals surface area contributed by atoms with Gasteiger partial charge in [0.1, 0.15) is 17.7 Å². The Morgan fingerprint density at radius 1 is 1.15 bits per heavy atom. The fourth-order valence-electron chi connectivity index (χ4n) is 4.62. The van der Waals surface area contributed by atoms with Crippen LogP contribution in [0.5, 0.6) is 0 Å². The van der Waals surface area contributed by atoms with E-state index in [4.69, 9.17) is 4.74 Å². The Balaban J connectivity index is 2.24. The summed E-state index contributed by atoms with van der Waals surface area (Å²) in [6.07, 6.45) is 11.9. The van der Waals surface area contributed by atoms with Crippen molar-refractivity contribution in [3.63, 3.8) is 0 Å². The van der Waals surface area contributed by atoms with Crippen molar-refractivity contribution in [3.8, 4) is 0 Å². The second-order valence-corrected chi connectivity index (χ2v) is 10.6. The number of allylic oxidation sites excluding steroid dienone is 2. The number of aliphatic hydroxyl groups is 1. The minimum absolute atomic E-state index is 0.123. The molecule has 1 fully saturated rings. The lowest BCUT2D eigenvalue weighted by Crippen LogP contribution is -2.55. The van der Waals surface area contributed by atoms with E-state index >= 15 is 0 Å². The summed E-state index contributed by atoms with van der Waals surface area (Å²) in [4.78, 5) is 41.0. The van der Waals surface area contributed by atoms with Gasteiger partial charge in [0.15, 0.2) is 0 Å². The maximum atomic E-state index is 13.6. The van der Waals surface area contributed by atoms with Gasteiger partial charge < -0.3 is 25.4 Å². The third-order valence-corrected chi connectivity index (χ3v) is 6.56. The van der Waals surface area contributed by atoms with Gasteiger partial charge in [-0.25, -0.2) is 4.79 Å². The summed E-state index contributed by atoms with van der Waals surface area (Å²) in [7, 11) is 0. The largest absolute Gasteiger partial charge is 0.444 e. The Hall–Kier alpha value is -2.09. The molecule has 1 saturated heterocycles. The van der Waals surface area contributed by atoms with Gasteiger partial charge in [-0.05, 0) is 71.6 Å². The zero-order valence-corrected chi connectivity index (χ0v) is 21.5. The first kappa shape index (κ1) is 28.1. The van der Waals surface area contributed by atoms with E-state index < -0.39 is 23.8 Å². The van der Waals surface area contributed by atoms with Crippen molar-refractivity contribution in [2.75, 3.05) is 13.2 Å². The summed E-state index contributed by atoms with van der Waals surface area (Å²) in [6.45, 7) is 7.78. The molecule has 2 heterocycles. The Labute approximate surface area is 204 Å². The number of aliphatic hydroxyl groups excluding tert-OH is 1. The Morgan fingerprint density at radius 2 is 1.79 bits per heavy atom. The highest BCUT2D eigenvalue weighted by atomic mass is 16.6. The highest BCUT2D eigenvalue weighted by Gasteiger charge is 2.41. The van der Waals surface area contributed by atoms with Crippen molar-refractivity contribution in [1.82, 2.24) is 15.5 Å². The monoisotopic (exact) mass is 479 g/mol. The summed E-state index contributed by atoms with van der Waals surface area (Å²) in [6, 6.07) is -1.65. The first-order valence-electron chi connectivity index (χ1n) is 13.0. The molecular formula is C26H45N3O5. The average Bonchev–Trinajstić information content (AvgIpc) is 3.21. The first-order chi connectivity index (χ1) is 16.1. The zero-order chi connectivity index (χ0) is 25.1. The molecule has 2 rings (SSSR count). The number of rotatable bonds is 3. The SMILES string of the molecule is CC[C@@H]1C[C@H]2C(=O)N[C@H](CO)CCCC/C=C/CCCC[C@H](NC(=O)OC(C)(C)C)C(=O)N2C1. The lowest BCUT2D eigenvalue weighted by atomic mass is 10.0. The number of hydrogen-bond donors (Lipinski definition) is 3. The summed E-state index contributed by atoms with van der Waals surface area (Å²) >= 11 is 0. The van der Waals surface area contributed by atoms with Crippen LogP contribution in [0.4, 0.5) is 4.79 Å². The van der Waals surface area contributed by atoms with Crippen molar-refractivity contribution in [3.05, 3.63) is 12.2 Å². The summed E-state index contributed by atoms with van der Waals surface area (Å²) < 4.78 is 5.41. The lowest BCUT2D eigenvalue weighted by molar-refractivity contribution is -0.140. The van der Waals surface area contributed by atoms with E-state index in [0.717, 1.165) is 44.9 Å². The fraction of sp³-hybridized carbons (Fsp3) is 0.808. The van der Waals surface area contributed by atoms with E-state index in [0.29, 0.717) is 25.8 Å². The van der Waals surface area contributed by atoms with Gasteiger partial charge >= 0.3 is 6.09 Å². The minimum atomic E-state index is -0.742. The molecule has 2 aliphatic rings. The first-order valence-corrected chi connectivity index (χ1v) is 13.0. The number of nitrogens with zero attached hydrogens (tertiary/aromatic N) is 1. The lowest BCUT2D eigenvalue weighted by Gasteiger charge is -2.30. The van der Waals surface area contributed by atoms with E-state index in [2.05, 4.69) is 29.7 Å². The van der Waals surface area contributed by atoms with Crippen LogP contribution in [0.15, 0.2) is 12.2 Å². The van der Waals surface area contributed by atoms with Crippen LogP contribution in [0.1, 0.15) is 91.9 Å². The number of fused-ring (bicyclic) bond motifs is 1. The van der Waals surface area contributed by atoms with Crippen molar-refractivity contribution in [2.24, 2.45) is 5.92 Å². The number of nitrogens with one attached hydrogen (secondary N) is 2. The van der Waals surface area contributed by atoms with Gasteiger partial charge in [-0.1, -0.05) is 38.3 Å². The van der Waals surface area contributed by atoms with Crippen molar-refractivity contribution in [1.29, 1.82) is 0 Å². The minimum Gasteiger partial charge on any atom is -0.444 e. The van der Waals surface area contributed by atoms with Crippen LogP contribution >= 0.6 is 0 Å². The highest BCUT2D eigenvalue weighted by molar-refractivity contribution is 5.92. The number of ether oxygens (including phenoxy) is 1. The number of alkyl carbamates (subject to hydrolysis) is 1. The third kappa shape index (κ3) is 9.28. The average molecular weight is 480 g/mol. The van der Waals surface area contributed by atoms with E-state index in [9.17, 15) is 19.5 Å². The van der Waals surface area contributed by atoms with Gasteiger partial charge in [0.2, 0.25) is 11.8 Å². The number of hydrogen-bond acceptors (Lipinski definition) is 5. The molecule has 3 amide bonds. The van der Waals surface area contributed by atoms with Gasteiger partial charge in [-0.2, -0.15) is 0 Å². The molecular weight excluding hydrogens is 434 g/mol. The molecule has 8 nitrogen and oxygen atoms in total. The van der Waals surface area contributed by atoms with E-state index in [-0.39, 0.29) is 30.4 Å². The molecule has 0 spiro atoms. The molecule has 0 unspecified atom stereocenters. The second-order valence-electron chi connectivity index (χ2n) is 10.6. The molecule has 34 heavy (non-hydrogen) atoms. The standard InChI is InChI=1S/C26H45N3O5/c1-5-19-16-22-23(31)27-20(18-30)14-12-10-8-6-7-9-11-13-15-21(24(32)29(22)17-19)28-25(33)34-26(2,3)4/h6-7,19-22,30H,5,8-18H2,1-4H3,(H,27,31)(H,28,33)/b7-6+/t19-,20+,21+,22+/m1/s1. The van der Waals surface area contributed by atoms with Crippen LogP contribution in [0.25, 0.3) is 0 Å². The maximum absolute atomic E-state index is 13.6. The topological polar surface area (TPSA) is 108 Å². The van der Waals surface area contributed by atoms with Crippen molar-refractivity contribution in [2.45, 2.75) is 116 Å². The van der Waals surface area contributed by atoms with E-state index in [1.54, 1.807) is 25.7 Å². The molecule has 0 saturated carbocycles. The van der Waals surface area contributed by atoms with Gasteiger partial charge in [-0.15, -0.1) is 0 Å². The smallest absolute Gasteiger partial charge is 0.408 e. The van der Waals surface area contributed by atoms with Gasteiger partial charge in [-0.3, -0.25) is 9.59 Å². The van der Waals surface area contributed by atoms with Gasteiger partial charge in [0.05, 0.1) is 12.6 Å². The van der Waals surface area contributed by atoms with Crippen LogP contribution in [0.3, 0.4) is 0 Å². The zero-order valence-electron chi connectivity index (χ0n) is 21.5. The normalized spacial score (nSPS) is 29.0. The second kappa shape index (κ2) is 13.7. The molecule has 3 N–H and O–H groups in total. The molecule has 0 bridgehead atoms. The Bertz CT molecular complexity index is 703. The Kier molecular flexibility index (Phi) is 11.4. The van der Waals surface area contributed by atoms with Crippen LogP contribution in [-0.4, -0.2) is 64.8 Å². The van der Waals surface area contributed by atoms with Crippen molar-refractivity contribution < 1.29 is 24.2 Å². The number of amides is 3. The van der Waals surface area contributed by atoms with Gasteiger partial charge in [0.25, 0.3) is 0 Å². The molecule has 8 heteroatoms. The molecule has 4 atom stereocenters. The Morgan fingerprint density at radius 3 is 2.38 bits per heavy atom. The van der Waals surface area contributed by atoms with Crippen LogP contribution < -0.4 is 10.6 Å². The molecule has 0 aromatic rings. The fourth-order valence-corrected chi connectivity index (χ4v) is 4.62. The van der Waals surface area contributed by atoms with Crippen molar-refractivity contribution >= 4 is 17.9 Å². The summed E-state index contributed by atoms with van der Waals surface area (Å²) in [5.41, 5.74) is -0.669. The number of carbonyl (C=O) groups excluding carboxylic acids is 3. The van der Waals surface area contributed by atoms with Crippen LogP contribution in [0, 0.1) is 5.92 Å². The van der Waals surface area contributed by atoms with Crippen LogP contribution in [0.2, 0.25) is 0 Å². The highest BCUT2D eigenvalue weighted by Crippen LogP contribution is 2.27. The molecule has 194 valence electrons. The third-order valence-electron chi connectivity index (χ3n) is 6.56. The molecule has 2 aliphatic heterocycles. The van der Waals surface area contributed by atoms with E-state index in [1.807, 2.05) is 0 Å².